The summed E-state index contributed by atoms with van der Waals surface area (Å²) in [6, 6.07) is 4.79. The van der Waals surface area contributed by atoms with Crippen molar-refractivity contribution < 1.29 is 9.18 Å². The first kappa shape index (κ1) is 12.2. The van der Waals surface area contributed by atoms with Gasteiger partial charge in [-0.1, -0.05) is 6.92 Å². The molecule has 0 aliphatic carbocycles. The van der Waals surface area contributed by atoms with Gasteiger partial charge in [-0.05, 0) is 24.6 Å². The lowest BCUT2D eigenvalue weighted by Gasteiger charge is -2.27. The maximum Gasteiger partial charge on any atom is 0.222 e. The molecule has 0 saturated carbocycles. The van der Waals surface area contributed by atoms with Gasteiger partial charge in [-0.3, -0.25) is 4.79 Å². The average molecular weight is 260 g/mol. The number of aromatic amines is 1. The van der Waals surface area contributed by atoms with Gasteiger partial charge in [0.2, 0.25) is 5.91 Å². The van der Waals surface area contributed by atoms with E-state index in [1.807, 2.05) is 11.8 Å². The van der Waals surface area contributed by atoms with E-state index >= 15 is 0 Å². The van der Waals surface area contributed by atoms with Crippen LogP contribution < -0.4 is 0 Å². The monoisotopic (exact) mass is 260 g/mol. The third-order valence-electron chi connectivity index (χ3n) is 3.75. The molecule has 0 fully saturated rings. The van der Waals surface area contributed by atoms with Crippen molar-refractivity contribution in [3.63, 3.8) is 0 Å². The van der Waals surface area contributed by atoms with Gasteiger partial charge < -0.3 is 9.88 Å². The smallest absolute Gasteiger partial charge is 0.222 e. The van der Waals surface area contributed by atoms with Crippen molar-refractivity contribution >= 4 is 16.8 Å². The topological polar surface area (TPSA) is 36.1 Å². The summed E-state index contributed by atoms with van der Waals surface area (Å²) in [5.41, 5.74) is 3.11. The van der Waals surface area contributed by atoms with Gasteiger partial charge in [0, 0.05) is 48.1 Å². The fraction of sp³-hybridized carbons (Fsp3) is 0.400. The van der Waals surface area contributed by atoms with E-state index in [1.165, 1.54) is 12.1 Å². The van der Waals surface area contributed by atoms with Gasteiger partial charge in [-0.15, -0.1) is 0 Å². The summed E-state index contributed by atoms with van der Waals surface area (Å²) in [7, 11) is 0. The van der Waals surface area contributed by atoms with Crippen molar-refractivity contribution in [2.24, 2.45) is 0 Å². The number of fused-ring (bicyclic) bond motifs is 3. The predicted molar refractivity (Wildman–Crippen MR) is 72.3 cm³/mol. The van der Waals surface area contributed by atoms with E-state index in [0.29, 0.717) is 13.0 Å². The van der Waals surface area contributed by atoms with E-state index in [9.17, 15) is 9.18 Å². The largest absolute Gasteiger partial charge is 0.358 e. The number of nitrogens with zero attached hydrogens (tertiary/aromatic N) is 1. The molecule has 100 valence electrons. The van der Waals surface area contributed by atoms with Gasteiger partial charge in [0.25, 0.3) is 0 Å². The maximum absolute atomic E-state index is 13.2. The minimum atomic E-state index is -0.231. The van der Waals surface area contributed by atoms with Gasteiger partial charge >= 0.3 is 0 Å². The van der Waals surface area contributed by atoms with Crippen molar-refractivity contribution in [3.05, 3.63) is 35.3 Å². The van der Waals surface area contributed by atoms with Gasteiger partial charge in [-0.25, -0.2) is 4.39 Å². The lowest BCUT2D eigenvalue weighted by Crippen LogP contribution is -2.35. The van der Waals surface area contributed by atoms with Crippen molar-refractivity contribution in [3.8, 4) is 0 Å². The summed E-state index contributed by atoms with van der Waals surface area (Å²) in [6.07, 6.45) is 2.30. The Bertz CT molecular complexity index is 632. The molecule has 1 aromatic carbocycles. The normalized spacial score (nSPS) is 14.7. The summed E-state index contributed by atoms with van der Waals surface area (Å²) in [5, 5.41) is 1.03. The Morgan fingerprint density at radius 3 is 3.11 bits per heavy atom. The molecule has 1 aliphatic rings. The van der Waals surface area contributed by atoms with Gasteiger partial charge in [0.15, 0.2) is 0 Å². The molecule has 2 aromatic rings. The molecule has 2 heterocycles. The first-order valence-electron chi connectivity index (χ1n) is 6.75. The average Bonchev–Trinajstić information content (AvgIpc) is 2.75. The highest BCUT2D eigenvalue weighted by Gasteiger charge is 2.23. The molecular weight excluding hydrogens is 243 g/mol. The van der Waals surface area contributed by atoms with Gasteiger partial charge in [0.1, 0.15) is 5.82 Å². The van der Waals surface area contributed by atoms with Crippen LogP contribution in [0.4, 0.5) is 4.39 Å². The third kappa shape index (κ3) is 2.11. The SMILES string of the molecule is CCCC(=O)N1CCc2[nH]c3cc(F)ccc3c2C1. The summed E-state index contributed by atoms with van der Waals surface area (Å²) in [5.74, 6) is -0.0189. The zero-order valence-electron chi connectivity index (χ0n) is 11.0. The number of nitrogens with one attached hydrogen (secondary N) is 1. The molecule has 0 spiro atoms. The molecule has 1 aromatic heterocycles. The molecule has 0 atom stereocenters. The van der Waals surface area contributed by atoms with Crippen LogP contribution in [0.5, 0.6) is 0 Å². The number of rotatable bonds is 2. The van der Waals surface area contributed by atoms with Crippen molar-refractivity contribution in [1.29, 1.82) is 0 Å². The van der Waals surface area contributed by atoms with Crippen LogP contribution in [0.3, 0.4) is 0 Å². The molecule has 0 bridgehead atoms. The number of carbonyl (C=O) groups excluding carboxylic acids is 1. The van der Waals surface area contributed by atoms with Crippen LogP contribution in [-0.2, 0) is 17.8 Å². The minimum absolute atomic E-state index is 0.213. The highest BCUT2D eigenvalue weighted by atomic mass is 19.1. The molecule has 0 unspecified atom stereocenters. The minimum Gasteiger partial charge on any atom is -0.358 e. The Labute approximate surface area is 111 Å². The Kier molecular flexibility index (Phi) is 3.01. The van der Waals surface area contributed by atoms with E-state index in [4.69, 9.17) is 0 Å². The maximum atomic E-state index is 13.2. The van der Waals surface area contributed by atoms with Crippen LogP contribution in [0.15, 0.2) is 18.2 Å². The Morgan fingerprint density at radius 1 is 1.47 bits per heavy atom. The van der Waals surface area contributed by atoms with Crippen molar-refractivity contribution in [2.75, 3.05) is 6.54 Å². The van der Waals surface area contributed by atoms with Crippen LogP contribution in [0.2, 0.25) is 0 Å². The Balaban J connectivity index is 1.95. The predicted octanol–water partition coefficient (Wildman–Crippen LogP) is 2.99. The van der Waals surface area contributed by atoms with Gasteiger partial charge in [0.05, 0.1) is 0 Å². The first-order valence-corrected chi connectivity index (χ1v) is 6.75. The molecule has 1 N–H and O–H groups in total. The Hall–Kier alpha value is -1.84. The van der Waals surface area contributed by atoms with Gasteiger partial charge in [-0.2, -0.15) is 0 Å². The number of amides is 1. The van der Waals surface area contributed by atoms with Crippen LogP contribution in [0.25, 0.3) is 10.9 Å². The second kappa shape index (κ2) is 4.68. The lowest BCUT2D eigenvalue weighted by atomic mass is 10.0. The number of benzene rings is 1. The van der Waals surface area contributed by atoms with E-state index in [2.05, 4.69) is 4.98 Å². The van der Waals surface area contributed by atoms with Crippen LogP contribution in [0.1, 0.15) is 31.0 Å². The zero-order chi connectivity index (χ0) is 13.4. The summed E-state index contributed by atoms with van der Waals surface area (Å²) in [4.78, 5) is 17.2. The van der Waals surface area contributed by atoms with Crippen molar-refractivity contribution in [2.45, 2.75) is 32.7 Å². The van der Waals surface area contributed by atoms with E-state index in [0.717, 1.165) is 41.5 Å². The van der Waals surface area contributed by atoms with Crippen molar-refractivity contribution in [1.82, 2.24) is 9.88 Å². The number of hydrogen-bond acceptors (Lipinski definition) is 1. The molecule has 1 amide bonds. The van der Waals surface area contributed by atoms with Crippen LogP contribution in [-0.4, -0.2) is 22.3 Å². The highest BCUT2D eigenvalue weighted by Crippen LogP contribution is 2.28. The quantitative estimate of drug-likeness (QED) is 0.885. The van der Waals surface area contributed by atoms with Crippen LogP contribution in [0, 0.1) is 5.82 Å². The molecule has 1 aliphatic heterocycles. The lowest BCUT2D eigenvalue weighted by molar-refractivity contribution is -0.132. The number of carbonyl (C=O) groups is 1. The second-order valence-corrected chi connectivity index (χ2v) is 5.09. The standard InChI is InChI=1S/C15H17FN2O/c1-2-3-15(19)18-7-6-13-12(9-18)11-5-4-10(16)8-14(11)17-13/h4-5,8,17H,2-3,6-7,9H2,1H3. The molecular formula is C15H17FN2O. The first-order chi connectivity index (χ1) is 9.19. The fourth-order valence-electron chi connectivity index (χ4n) is 2.78. The highest BCUT2D eigenvalue weighted by molar-refractivity contribution is 5.86. The fourth-order valence-corrected chi connectivity index (χ4v) is 2.78. The summed E-state index contributed by atoms with van der Waals surface area (Å²) in [6.45, 7) is 3.41. The third-order valence-corrected chi connectivity index (χ3v) is 3.75. The molecule has 0 saturated heterocycles. The van der Waals surface area contributed by atoms with E-state index < -0.39 is 0 Å². The second-order valence-electron chi connectivity index (χ2n) is 5.09. The van der Waals surface area contributed by atoms with E-state index in [-0.39, 0.29) is 11.7 Å². The summed E-state index contributed by atoms with van der Waals surface area (Å²) >= 11 is 0. The molecule has 19 heavy (non-hydrogen) atoms. The number of H-pyrrole nitrogens is 1. The summed E-state index contributed by atoms with van der Waals surface area (Å²) < 4.78 is 13.2. The zero-order valence-corrected chi connectivity index (χ0v) is 11.0. The number of halogens is 1. The molecule has 3 rings (SSSR count). The van der Waals surface area contributed by atoms with Crippen LogP contribution >= 0.6 is 0 Å². The molecule has 4 heteroatoms. The Morgan fingerprint density at radius 2 is 2.32 bits per heavy atom. The molecule has 0 radical (unpaired) electrons. The number of aromatic nitrogens is 1. The molecule has 3 nitrogen and oxygen atoms in total. The van der Waals surface area contributed by atoms with E-state index in [1.54, 1.807) is 6.07 Å². The number of hydrogen-bond donors (Lipinski definition) is 1.